The van der Waals surface area contributed by atoms with E-state index in [9.17, 15) is 0 Å². The van der Waals surface area contributed by atoms with Gasteiger partial charge in [-0.25, -0.2) is 4.98 Å². The third kappa shape index (κ3) is 1.99. The normalized spacial score (nSPS) is 13.8. The molecule has 2 nitrogen and oxygen atoms in total. The number of hydrogen-bond acceptors (Lipinski definition) is 1. The molecule has 0 spiro atoms. The Hall–Kier alpha value is -1.57. The van der Waals surface area contributed by atoms with Gasteiger partial charge in [0, 0.05) is 17.2 Å². The lowest BCUT2D eigenvalue weighted by atomic mass is 9.85. The second kappa shape index (κ2) is 4.52. The average Bonchev–Trinajstić information content (AvgIpc) is 2.82. The first-order valence-electron chi connectivity index (χ1n) is 7.29. The molecule has 0 radical (unpaired) electrons. The summed E-state index contributed by atoms with van der Waals surface area (Å²) >= 11 is 0. The van der Waals surface area contributed by atoms with Crippen LogP contribution in [-0.4, -0.2) is 9.97 Å². The van der Waals surface area contributed by atoms with Gasteiger partial charge in [0.2, 0.25) is 0 Å². The molecule has 2 heteroatoms. The highest BCUT2D eigenvalue weighted by Crippen LogP contribution is 2.36. The van der Waals surface area contributed by atoms with Crippen molar-refractivity contribution in [3.63, 3.8) is 0 Å². The summed E-state index contributed by atoms with van der Waals surface area (Å²) in [6, 6.07) is 6.67. The van der Waals surface area contributed by atoms with Gasteiger partial charge in [-0.3, -0.25) is 0 Å². The highest BCUT2D eigenvalue weighted by atomic mass is 14.9. The molecule has 19 heavy (non-hydrogen) atoms. The number of hydrogen-bond donors (Lipinski definition) is 1. The van der Waals surface area contributed by atoms with Gasteiger partial charge in [-0.1, -0.05) is 45.9 Å². The SMILES string of the molecule is CC(C)c1nc2c([nH]1)CCc1c-2cccc1C(C)C. The van der Waals surface area contributed by atoms with Crippen molar-refractivity contribution in [2.45, 2.75) is 52.4 Å². The minimum atomic E-state index is 0.460. The van der Waals surface area contributed by atoms with Crippen LogP contribution >= 0.6 is 0 Å². The first kappa shape index (κ1) is 12.5. The van der Waals surface area contributed by atoms with Crippen molar-refractivity contribution in [3.8, 4) is 11.3 Å². The van der Waals surface area contributed by atoms with E-state index >= 15 is 0 Å². The van der Waals surface area contributed by atoms with Gasteiger partial charge in [0.05, 0.1) is 5.69 Å². The van der Waals surface area contributed by atoms with Crippen LogP contribution in [0.3, 0.4) is 0 Å². The van der Waals surface area contributed by atoms with Crippen LogP contribution in [0.25, 0.3) is 11.3 Å². The summed E-state index contributed by atoms with van der Waals surface area (Å²) in [5, 5.41) is 0. The zero-order valence-electron chi connectivity index (χ0n) is 12.2. The molecule has 0 atom stereocenters. The fourth-order valence-electron chi connectivity index (χ4n) is 3.00. The minimum Gasteiger partial charge on any atom is -0.345 e. The van der Waals surface area contributed by atoms with E-state index in [1.807, 2.05) is 0 Å². The van der Waals surface area contributed by atoms with Crippen molar-refractivity contribution in [2.24, 2.45) is 0 Å². The van der Waals surface area contributed by atoms with Gasteiger partial charge in [0.25, 0.3) is 0 Å². The molecule has 100 valence electrons. The first-order chi connectivity index (χ1) is 9.08. The molecule has 1 aliphatic carbocycles. The molecular formula is C17H22N2. The maximum atomic E-state index is 4.84. The average molecular weight is 254 g/mol. The summed E-state index contributed by atoms with van der Waals surface area (Å²) in [4.78, 5) is 8.35. The molecule has 3 rings (SSSR count). The highest BCUT2D eigenvalue weighted by molar-refractivity contribution is 5.70. The van der Waals surface area contributed by atoms with Crippen molar-refractivity contribution in [3.05, 3.63) is 40.8 Å². The standard InChI is InChI=1S/C17H22N2/c1-10(2)12-6-5-7-14-13(12)8-9-15-16(14)19-17(18-15)11(3)4/h5-7,10-11H,8-9H2,1-4H3,(H,18,19). The lowest BCUT2D eigenvalue weighted by Crippen LogP contribution is -2.07. The molecule has 0 fully saturated rings. The van der Waals surface area contributed by atoms with E-state index < -0.39 is 0 Å². The van der Waals surface area contributed by atoms with Gasteiger partial charge < -0.3 is 4.98 Å². The number of imidazole rings is 1. The molecular weight excluding hydrogens is 232 g/mol. The molecule has 0 amide bonds. The van der Waals surface area contributed by atoms with Crippen molar-refractivity contribution < 1.29 is 0 Å². The molecule has 0 saturated heterocycles. The van der Waals surface area contributed by atoms with Gasteiger partial charge in [0.1, 0.15) is 5.82 Å². The molecule has 1 aromatic heterocycles. The van der Waals surface area contributed by atoms with Crippen molar-refractivity contribution in [1.29, 1.82) is 0 Å². The molecule has 0 bridgehead atoms. The van der Waals surface area contributed by atoms with Crippen molar-refractivity contribution in [1.82, 2.24) is 9.97 Å². The van der Waals surface area contributed by atoms with Crippen LogP contribution in [0.15, 0.2) is 18.2 Å². The fraction of sp³-hybridized carbons (Fsp3) is 0.471. The highest BCUT2D eigenvalue weighted by Gasteiger charge is 2.23. The molecule has 0 unspecified atom stereocenters. The first-order valence-corrected chi connectivity index (χ1v) is 7.29. The number of H-pyrrole nitrogens is 1. The molecule has 1 heterocycles. The number of aryl methyl sites for hydroxylation is 1. The zero-order chi connectivity index (χ0) is 13.6. The van der Waals surface area contributed by atoms with Gasteiger partial charge in [-0.2, -0.15) is 0 Å². The zero-order valence-corrected chi connectivity index (χ0v) is 12.2. The van der Waals surface area contributed by atoms with Gasteiger partial charge >= 0.3 is 0 Å². The Morgan fingerprint density at radius 3 is 2.53 bits per heavy atom. The van der Waals surface area contributed by atoms with E-state index in [0.717, 1.165) is 18.7 Å². The lowest BCUT2D eigenvalue weighted by molar-refractivity contribution is 0.784. The number of aromatic nitrogens is 2. The Labute approximate surface area is 115 Å². The van der Waals surface area contributed by atoms with E-state index in [-0.39, 0.29) is 0 Å². The number of rotatable bonds is 2. The molecule has 1 N–H and O–H groups in total. The second-order valence-corrected chi connectivity index (χ2v) is 6.13. The van der Waals surface area contributed by atoms with Crippen LogP contribution in [0.2, 0.25) is 0 Å². The van der Waals surface area contributed by atoms with Crippen LogP contribution in [0.4, 0.5) is 0 Å². The number of nitrogens with one attached hydrogen (secondary N) is 1. The summed E-state index contributed by atoms with van der Waals surface area (Å²) in [5.74, 6) is 2.16. The smallest absolute Gasteiger partial charge is 0.109 e. The predicted octanol–water partition coefficient (Wildman–Crippen LogP) is 4.42. The fourth-order valence-corrected chi connectivity index (χ4v) is 3.00. The van der Waals surface area contributed by atoms with Crippen LogP contribution < -0.4 is 0 Å². The number of fused-ring (bicyclic) bond motifs is 3. The van der Waals surface area contributed by atoms with Crippen LogP contribution in [0.5, 0.6) is 0 Å². The maximum absolute atomic E-state index is 4.84. The third-order valence-electron chi connectivity index (χ3n) is 4.06. The third-order valence-corrected chi connectivity index (χ3v) is 4.06. The number of aromatic amines is 1. The largest absolute Gasteiger partial charge is 0.345 e. The van der Waals surface area contributed by atoms with Crippen molar-refractivity contribution in [2.75, 3.05) is 0 Å². The number of nitrogens with zero attached hydrogens (tertiary/aromatic N) is 1. The summed E-state index contributed by atoms with van der Waals surface area (Å²) in [5.41, 5.74) is 6.84. The van der Waals surface area contributed by atoms with E-state index in [0.29, 0.717) is 11.8 Å². The summed E-state index contributed by atoms with van der Waals surface area (Å²) in [6.45, 7) is 8.93. The van der Waals surface area contributed by atoms with Crippen LogP contribution in [-0.2, 0) is 12.8 Å². The Morgan fingerprint density at radius 1 is 1.05 bits per heavy atom. The van der Waals surface area contributed by atoms with Crippen LogP contribution in [0, 0.1) is 0 Å². The Morgan fingerprint density at radius 2 is 1.84 bits per heavy atom. The monoisotopic (exact) mass is 254 g/mol. The quantitative estimate of drug-likeness (QED) is 0.844. The molecule has 0 saturated carbocycles. The Kier molecular flexibility index (Phi) is 2.96. The van der Waals surface area contributed by atoms with Crippen molar-refractivity contribution >= 4 is 0 Å². The summed E-state index contributed by atoms with van der Waals surface area (Å²) in [7, 11) is 0. The van der Waals surface area contributed by atoms with E-state index in [1.165, 1.54) is 28.1 Å². The number of benzene rings is 1. The lowest BCUT2D eigenvalue weighted by Gasteiger charge is -2.20. The minimum absolute atomic E-state index is 0.460. The topological polar surface area (TPSA) is 28.7 Å². The predicted molar refractivity (Wildman–Crippen MR) is 79.6 cm³/mol. The summed E-state index contributed by atoms with van der Waals surface area (Å²) < 4.78 is 0. The van der Waals surface area contributed by atoms with Gasteiger partial charge in [-0.05, 0) is 29.9 Å². The van der Waals surface area contributed by atoms with E-state index in [2.05, 4.69) is 50.9 Å². The maximum Gasteiger partial charge on any atom is 0.109 e. The van der Waals surface area contributed by atoms with Gasteiger partial charge in [-0.15, -0.1) is 0 Å². The Bertz CT molecular complexity index is 606. The molecule has 1 aliphatic rings. The second-order valence-electron chi connectivity index (χ2n) is 6.13. The van der Waals surface area contributed by atoms with E-state index in [1.54, 1.807) is 0 Å². The van der Waals surface area contributed by atoms with Gasteiger partial charge in [0.15, 0.2) is 0 Å². The van der Waals surface area contributed by atoms with E-state index in [4.69, 9.17) is 4.98 Å². The molecule has 1 aromatic carbocycles. The van der Waals surface area contributed by atoms with Crippen LogP contribution in [0.1, 0.15) is 62.2 Å². The molecule has 0 aliphatic heterocycles. The Balaban J connectivity index is 2.16. The molecule has 2 aromatic rings. The summed E-state index contributed by atoms with van der Waals surface area (Å²) in [6.07, 6.45) is 2.22.